The van der Waals surface area contributed by atoms with Crippen molar-refractivity contribution in [2.75, 3.05) is 0 Å². The molecular weight excluding hydrogens is 182 g/mol. The zero-order chi connectivity index (χ0) is 7.49. The van der Waals surface area contributed by atoms with E-state index in [9.17, 15) is 4.79 Å². The molecule has 1 atom stereocenters. The topological polar surface area (TPSA) is 17.1 Å². The van der Waals surface area contributed by atoms with Gasteiger partial charge < -0.3 is 4.79 Å². The van der Waals surface area contributed by atoms with Crippen molar-refractivity contribution in [2.24, 2.45) is 0 Å². The fraction of sp³-hybridized carbons (Fsp3) is 0.800. The van der Waals surface area contributed by atoms with Gasteiger partial charge in [0.05, 0.1) is 0 Å². The number of alkyl halides is 3. The van der Waals surface area contributed by atoms with E-state index in [2.05, 4.69) is 0 Å². The summed E-state index contributed by atoms with van der Waals surface area (Å²) in [5.41, 5.74) is 0. The number of hydrogen-bond donors (Lipinski definition) is 0. The third kappa shape index (κ3) is 5.01. The lowest BCUT2D eigenvalue weighted by Gasteiger charge is -2.11. The van der Waals surface area contributed by atoms with Gasteiger partial charge in [-0.25, -0.2) is 0 Å². The van der Waals surface area contributed by atoms with Crippen LogP contribution in [0.1, 0.15) is 13.3 Å². The van der Waals surface area contributed by atoms with Crippen LogP contribution in [0.2, 0.25) is 0 Å². The van der Waals surface area contributed by atoms with E-state index in [0.29, 0.717) is 6.29 Å². The molecular formula is C5H7Cl3O. The van der Waals surface area contributed by atoms with E-state index in [4.69, 9.17) is 34.8 Å². The van der Waals surface area contributed by atoms with Gasteiger partial charge in [-0.3, -0.25) is 0 Å². The maximum atomic E-state index is 10.0. The maximum Gasteiger partial charge on any atom is 0.174 e. The summed E-state index contributed by atoms with van der Waals surface area (Å²) in [6, 6.07) is 0. The molecule has 0 amide bonds. The Balaban J connectivity index is 3.71. The summed E-state index contributed by atoms with van der Waals surface area (Å²) in [7, 11) is 0. The SMILES string of the molecule is CC(Cl)CC(Cl)(Cl)C=O. The van der Waals surface area contributed by atoms with Crippen molar-refractivity contribution in [2.45, 2.75) is 23.1 Å². The van der Waals surface area contributed by atoms with Gasteiger partial charge in [-0.1, -0.05) is 23.2 Å². The molecule has 0 aliphatic heterocycles. The number of rotatable bonds is 3. The van der Waals surface area contributed by atoms with E-state index in [1.165, 1.54) is 0 Å². The Kier molecular flexibility index (Phi) is 3.86. The van der Waals surface area contributed by atoms with Gasteiger partial charge in [0.1, 0.15) is 0 Å². The van der Waals surface area contributed by atoms with Gasteiger partial charge in [0.25, 0.3) is 0 Å². The van der Waals surface area contributed by atoms with Crippen molar-refractivity contribution < 1.29 is 4.79 Å². The zero-order valence-corrected chi connectivity index (χ0v) is 7.17. The monoisotopic (exact) mass is 188 g/mol. The second-order valence-corrected chi connectivity index (χ2v) is 4.15. The molecule has 0 heterocycles. The lowest BCUT2D eigenvalue weighted by atomic mass is 10.2. The van der Waals surface area contributed by atoms with Crippen LogP contribution >= 0.6 is 34.8 Å². The van der Waals surface area contributed by atoms with Crippen LogP contribution in [0.4, 0.5) is 0 Å². The van der Waals surface area contributed by atoms with Crippen molar-refractivity contribution in [1.82, 2.24) is 0 Å². The first-order valence-corrected chi connectivity index (χ1v) is 3.65. The Morgan fingerprint density at radius 2 is 2.11 bits per heavy atom. The molecule has 0 rings (SSSR count). The second kappa shape index (κ2) is 3.65. The Bertz CT molecular complexity index is 100. The second-order valence-electron chi connectivity index (χ2n) is 1.86. The van der Waals surface area contributed by atoms with Gasteiger partial charge in [0.15, 0.2) is 10.6 Å². The number of carbonyl (C=O) groups is 1. The van der Waals surface area contributed by atoms with Gasteiger partial charge in [-0.05, 0) is 6.92 Å². The van der Waals surface area contributed by atoms with Gasteiger partial charge in [-0.2, -0.15) is 0 Å². The molecule has 0 aromatic heterocycles. The van der Waals surface area contributed by atoms with Crippen molar-refractivity contribution in [3.8, 4) is 0 Å². The molecule has 1 nitrogen and oxygen atoms in total. The number of hydrogen-bond acceptors (Lipinski definition) is 1. The highest BCUT2D eigenvalue weighted by atomic mass is 35.5. The minimum Gasteiger partial charge on any atom is -0.300 e. The summed E-state index contributed by atoms with van der Waals surface area (Å²) in [4.78, 5) is 10.0. The Labute approximate surface area is 69.3 Å². The molecule has 9 heavy (non-hydrogen) atoms. The first-order chi connectivity index (χ1) is 3.98. The molecule has 0 saturated carbocycles. The van der Waals surface area contributed by atoms with Crippen molar-refractivity contribution in [3.05, 3.63) is 0 Å². The summed E-state index contributed by atoms with van der Waals surface area (Å²) in [5, 5.41) is -0.176. The first-order valence-electron chi connectivity index (χ1n) is 2.46. The summed E-state index contributed by atoms with van der Waals surface area (Å²) >= 11 is 16.4. The van der Waals surface area contributed by atoms with Gasteiger partial charge in [0, 0.05) is 11.8 Å². The predicted octanol–water partition coefficient (Wildman–Crippen LogP) is 2.38. The minimum absolute atomic E-state index is 0.176. The largest absolute Gasteiger partial charge is 0.300 e. The molecule has 0 aromatic rings. The molecule has 54 valence electrons. The van der Waals surface area contributed by atoms with Crippen molar-refractivity contribution in [1.29, 1.82) is 0 Å². The van der Waals surface area contributed by atoms with Crippen LogP contribution in [0.25, 0.3) is 0 Å². The van der Waals surface area contributed by atoms with E-state index < -0.39 is 4.33 Å². The smallest absolute Gasteiger partial charge is 0.174 e. The molecule has 4 heteroatoms. The molecule has 0 bridgehead atoms. The van der Waals surface area contributed by atoms with Crippen LogP contribution in [0, 0.1) is 0 Å². The van der Waals surface area contributed by atoms with Crippen molar-refractivity contribution >= 4 is 41.1 Å². The predicted molar refractivity (Wildman–Crippen MR) is 40.4 cm³/mol. The van der Waals surface area contributed by atoms with E-state index in [1.807, 2.05) is 0 Å². The van der Waals surface area contributed by atoms with E-state index in [0.717, 1.165) is 0 Å². The normalized spacial score (nSPS) is 15.1. The van der Waals surface area contributed by atoms with Crippen LogP contribution in [0.3, 0.4) is 0 Å². The average Bonchev–Trinajstić information content (AvgIpc) is 1.63. The highest BCUT2D eigenvalue weighted by Crippen LogP contribution is 2.25. The Morgan fingerprint density at radius 3 is 2.22 bits per heavy atom. The first kappa shape index (κ1) is 9.54. The third-order valence-corrected chi connectivity index (χ3v) is 1.37. The Morgan fingerprint density at radius 1 is 1.67 bits per heavy atom. The summed E-state index contributed by atoms with van der Waals surface area (Å²) < 4.78 is -1.30. The molecule has 0 fully saturated rings. The van der Waals surface area contributed by atoms with Crippen LogP contribution in [0.15, 0.2) is 0 Å². The quantitative estimate of drug-likeness (QED) is 0.492. The van der Waals surface area contributed by atoms with Crippen LogP contribution < -0.4 is 0 Å². The number of halogens is 3. The molecule has 0 N–H and O–H groups in total. The fourth-order valence-corrected chi connectivity index (χ4v) is 1.29. The van der Waals surface area contributed by atoms with Crippen molar-refractivity contribution in [3.63, 3.8) is 0 Å². The number of aldehydes is 1. The molecule has 0 aromatic carbocycles. The van der Waals surface area contributed by atoms with Gasteiger partial charge in [-0.15, -0.1) is 11.6 Å². The van der Waals surface area contributed by atoms with E-state index >= 15 is 0 Å². The van der Waals surface area contributed by atoms with Gasteiger partial charge >= 0.3 is 0 Å². The molecule has 1 unspecified atom stereocenters. The lowest BCUT2D eigenvalue weighted by Crippen LogP contribution is -2.18. The van der Waals surface area contributed by atoms with Gasteiger partial charge in [0.2, 0.25) is 0 Å². The molecule has 0 aliphatic carbocycles. The minimum atomic E-state index is -1.30. The standard InChI is InChI=1S/C5H7Cl3O/c1-4(6)2-5(7,8)3-9/h3-4H,2H2,1H3. The maximum absolute atomic E-state index is 10.0. The van der Waals surface area contributed by atoms with E-state index in [1.54, 1.807) is 6.92 Å². The lowest BCUT2D eigenvalue weighted by molar-refractivity contribution is -0.108. The van der Waals surface area contributed by atoms with Crippen LogP contribution in [-0.2, 0) is 4.79 Å². The zero-order valence-electron chi connectivity index (χ0n) is 4.90. The van der Waals surface area contributed by atoms with E-state index in [-0.39, 0.29) is 11.8 Å². The highest BCUT2D eigenvalue weighted by molar-refractivity contribution is 6.55. The molecule has 0 spiro atoms. The number of carbonyl (C=O) groups excluding carboxylic acids is 1. The summed E-state index contributed by atoms with van der Waals surface area (Å²) in [6.07, 6.45) is 0.760. The molecule has 0 saturated heterocycles. The molecule has 0 aliphatic rings. The highest BCUT2D eigenvalue weighted by Gasteiger charge is 2.24. The Hall–Kier alpha value is 0.540. The fourth-order valence-electron chi connectivity index (χ4n) is 0.423. The summed E-state index contributed by atoms with van der Waals surface area (Å²) in [5.74, 6) is 0. The molecule has 0 radical (unpaired) electrons. The average molecular weight is 189 g/mol. The van der Waals surface area contributed by atoms with Crippen LogP contribution in [0.5, 0.6) is 0 Å². The van der Waals surface area contributed by atoms with Crippen LogP contribution in [-0.4, -0.2) is 16.0 Å². The third-order valence-electron chi connectivity index (χ3n) is 0.726. The summed E-state index contributed by atoms with van der Waals surface area (Å²) in [6.45, 7) is 1.73.